The summed E-state index contributed by atoms with van der Waals surface area (Å²) < 4.78 is 0. The molecule has 120 valence electrons. The van der Waals surface area contributed by atoms with Crippen molar-refractivity contribution in [3.05, 3.63) is 60.6 Å². The Balaban J connectivity index is 1.37. The molecule has 3 aromatic rings. The Bertz CT molecular complexity index is 828. The molecule has 1 amide bonds. The van der Waals surface area contributed by atoms with E-state index in [-0.39, 0.29) is 11.9 Å². The molecule has 2 aromatic heterocycles. The highest BCUT2D eigenvalue weighted by Crippen LogP contribution is 2.16. The van der Waals surface area contributed by atoms with Crippen LogP contribution < -0.4 is 5.32 Å². The fourth-order valence-corrected chi connectivity index (χ4v) is 2.53. The average Bonchev–Trinajstić information content (AvgIpc) is 3.09. The lowest BCUT2D eigenvalue weighted by molar-refractivity contribution is 0.0618. The Labute approximate surface area is 138 Å². The molecule has 1 aromatic carbocycles. The Morgan fingerprint density at radius 3 is 2.71 bits per heavy atom. The quantitative estimate of drug-likeness (QED) is 0.771. The van der Waals surface area contributed by atoms with Crippen LogP contribution in [0.3, 0.4) is 0 Å². The van der Waals surface area contributed by atoms with Gasteiger partial charge in [0.05, 0.1) is 17.9 Å². The molecule has 0 spiro atoms. The van der Waals surface area contributed by atoms with Gasteiger partial charge in [0.25, 0.3) is 5.91 Å². The number of hydrogen-bond donors (Lipinski definition) is 1. The molecule has 3 heterocycles. The first-order chi connectivity index (χ1) is 11.8. The second-order valence-electron chi connectivity index (χ2n) is 5.52. The fraction of sp³-hybridized carbons (Fsp3) is 0.188. The highest BCUT2D eigenvalue weighted by atomic mass is 16.2. The smallest absolute Gasteiger partial charge is 0.276 e. The first kappa shape index (κ1) is 14.3. The standard InChI is InChI=1S/C16H15N7O/c24-16(14-9-18-23(21-14)13-5-2-1-3-6-13)22-10-12(11-22)19-15-7-4-8-17-20-15/h1-9,12H,10-11H2,(H,19,20). The van der Waals surface area contributed by atoms with Gasteiger partial charge in [-0.15, -0.1) is 10.2 Å². The second-order valence-corrected chi connectivity index (χ2v) is 5.52. The Hall–Kier alpha value is -3.29. The molecule has 0 atom stereocenters. The summed E-state index contributed by atoms with van der Waals surface area (Å²) in [6, 6.07) is 13.3. The monoisotopic (exact) mass is 321 g/mol. The van der Waals surface area contributed by atoms with Crippen molar-refractivity contribution < 1.29 is 4.79 Å². The third-order valence-electron chi connectivity index (χ3n) is 3.79. The summed E-state index contributed by atoms with van der Waals surface area (Å²) in [5.41, 5.74) is 1.17. The van der Waals surface area contributed by atoms with Crippen molar-refractivity contribution in [2.24, 2.45) is 0 Å². The van der Waals surface area contributed by atoms with Crippen LogP contribution in [-0.4, -0.2) is 55.1 Å². The van der Waals surface area contributed by atoms with Crippen molar-refractivity contribution in [2.75, 3.05) is 18.4 Å². The molecule has 1 N–H and O–H groups in total. The van der Waals surface area contributed by atoms with E-state index in [1.165, 1.54) is 11.0 Å². The summed E-state index contributed by atoms with van der Waals surface area (Å²) in [4.78, 5) is 15.6. The highest BCUT2D eigenvalue weighted by Gasteiger charge is 2.32. The Kier molecular flexibility index (Phi) is 3.62. The zero-order valence-electron chi connectivity index (χ0n) is 12.8. The van der Waals surface area contributed by atoms with Crippen LogP contribution in [0.1, 0.15) is 10.5 Å². The SMILES string of the molecule is O=C(c1cnn(-c2ccccc2)n1)N1CC(Nc2cccnn2)C1. The lowest BCUT2D eigenvalue weighted by Crippen LogP contribution is -2.57. The van der Waals surface area contributed by atoms with E-state index >= 15 is 0 Å². The van der Waals surface area contributed by atoms with E-state index in [9.17, 15) is 4.79 Å². The Morgan fingerprint density at radius 2 is 1.96 bits per heavy atom. The summed E-state index contributed by atoms with van der Waals surface area (Å²) in [5.74, 6) is 0.596. The number of amides is 1. The van der Waals surface area contributed by atoms with Gasteiger partial charge in [0.1, 0.15) is 5.82 Å². The number of anilines is 1. The molecule has 8 heteroatoms. The maximum absolute atomic E-state index is 12.4. The minimum atomic E-state index is -0.116. The number of nitrogens with zero attached hydrogens (tertiary/aromatic N) is 6. The molecule has 0 aliphatic carbocycles. The topological polar surface area (TPSA) is 88.8 Å². The van der Waals surface area contributed by atoms with Crippen LogP contribution in [0, 0.1) is 0 Å². The van der Waals surface area contributed by atoms with E-state index < -0.39 is 0 Å². The van der Waals surface area contributed by atoms with Gasteiger partial charge in [0, 0.05) is 19.3 Å². The number of aromatic nitrogens is 5. The number of benzene rings is 1. The molecular weight excluding hydrogens is 306 g/mol. The van der Waals surface area contributed by atoms with Crippen molar-refractivity contribution >= 4 is 11.7 Å². The van der Waals surface area contributed by atoms with Gasteiger partial charge in [-0.2, -0.15) is 15.0 Å². The molecule has 4 rings (SSSR count). The number of carbonyl (C=O) groups is 1. The summed E-state index contributed by atoms with van der Waals surface area (Å²) in [6.45, 7) is 1.21. The van der Waals surface area contributed by atoms with Crippen LogP contribution in [0.5, 0.6) is 0 Å². The molecule has 0 unspecified atom stereocenters. The van der Waals surface area contributed by atoms with Crippen molar-refractivity contribution in [3.63, 3.8) is 0 Å². The largest absolute Gasteiger partial charge is 0.362 e. The third-order valence-corrected chi connectivity index (χ3v) is 3.79. The number of rotatable bonds is 4. The maximum Gasteiger partial charge on any atom is 0.276 e. The molecular formula is C16H15N7O. The predicted molar refractivity (Wildman–Crippen MR) is 86.7 cm³/mol. The van der Waals surface area contributed by atoms with Crippen LogP contribution in [0.25, 0.3) is 5.69 Å². The molecule has 24 heavy (non-hydrogen) atoms. The van der Waals surface area contributed by atoms with Gasteiger partial charge in [-0.05, 0) is 24.3 Å². The number of carbonyl (C=O) groups excluding carboxylic acids is 1. The molecule has 8 nitrogen and oxygen atoms in total. The van der Waals surface area contributed by atoms with E-state index in [1.54, 1.807) is 11.1 Å². The molecule has 0 radical (unpaired) electrons. The summed E-state index contributed by atoms with van der Waals surface area (Å²) in [7, 11) is 0. The molecule has 0 bridgehead atoms. The van der Waals surface area contributed by atoms with Crippen molar-refractivity contribution in [2.45, 2.75) is 6.04 Å². The van der Waals surface area contributed by atoms with Gasteiger partial charge in [-0.1, -0.05) is 18.2 Å². The van der Waals surface area contributed by atoms with E-state index in [0.717, 1.165) is 5.69 Å². The Morgan fingerprint density at radius 1 is 1.12 bits per heavy atom. The zero-order valence-corrected chi connectivity index (χ0v) is 12.8. The first-order valence-corrected chi connectivity index (χ1v) is 7.61. The summed E-state index contributed by atoms with van der Waals surface area (Å²) >= 11 is 0. The molecule has 1 aliphatic rings. The lowest BCUT2D eigenvalue weighted by atomic mass is 10.1. The highest BCUT2D eigenvalue weighted by molar-refractivity contribution is 5.92. The van der Waals surface area contributed by atoms with Crippen LogP contribution in [0.2, 0.25) is 0 Å². The van der Waals surface area contributed by atoms with Crippen molar-refractivity contribution in [3.8, 4) is 5.69 Å². The van der Waals surface area contributed by atoms with Crippen molar-refractivity contribution in [1.29, 1.82) is 0 Å². The average molecular weight is 321 g/mol. The van der Waals surface area contributed by atoms with Crippen molar-refractivity contribution in [1.82, 2.24) is 30.1 Å². The zero-order chi connectivity index (χ0) is 16.4. The molecule has 0 saturated carbocycles. The van der Waals surface area contributed by atoms with Gasteiger partial charge < -0.3 is 10.2 Å². The number of likely N-dealkylation sites (tertiary alicyclic amines) is 1. The third kappa shape index (κ3) is 2.81. The second kappa shape index (κ2) is 6.07. The van der Waals surface area contributed by atoms with Crippen LogP contribution in [-0.2, 0) is 0 Å². The van der Waals surface area contributed by atoms with Gasteiger partial charge in [0.15, 0.2) is 5.69 Å². The van der Waals surface area contributed by atoms with Gasteiger partial charge in [-0.3, -0.25) is 4.79 Å². The summed E-state index contributed by atoms with van der Waals surface area (Å²) in [6.07, 6.45) is 3.12. The van der Waals surface area contributed by atoms with Gasteiger partial charge >= 0.3 is 0 Å². The minimum Gasteiger partial charge on any atom is -0.362 e. The summed E-state index contributed by atoms with van der Waals surface area (Å²) in [5, 5.41) is 19.5. The predicted octanol–water partition coefficient (Wildman–Crippen LogP) is 0.994. The number of hydrogen-bond acceptors (Lipinski definition) is 6. The van der Waals surface area contributed by atoms with Crippen LogP contribution in [0.15, 0.2) is 54.9 Å². The maximum atomic E-state index is 12.4. The van der Waals surface area contributed by atoms with E-state index in [4.69, 9.17) is 0 Å². The van der Waals surface area contributed by atoms with Gasteiger partial charge in [0.2, 0.25) is 0 Å². The normalized spacial score (nSPS) is 14.2. The fourth-order valence-electron chi connectivity index (χ4n) is 2.53. The number of nitrogens with one attached hydrogen (secondary N) is 1. The van der Waals surface area contributed by atoms with Crippen LogP contribution >= 0.6 is 0 Å². The van der Waals surface area contributed by atoms with E-state index in [0.29, 0.717) is 24.6 Å². The molecule has 1 fully saturated rings. The van der Waals surface area contributed by atoms with E-state index in [1.807, 2.05) is 42.5 Å². The molecule has 1 saturated heterocycles. The van der Waals surface area contributed by atoms with Gasteiger partial charge in [-0.25, -0.2) is 0 Å². The number of para-hydroxylation sites is 1. The molecule has 1 aliphatic heterocycles. The first-order valence-electron chi connectivity index (χ1n) is 7.61. The van der Waals surface area contributed by atoms with E-state index in [2.05, 4.69) is 25.7 Å². The lowest BCUT2D eigenvalue weighted by Gasteiger charge is -2.39. The van der Waals surface area contributed by atoms with Crippen LogP contribution in [0.4, 0.5) is 5.82 Å². The minimum absolute atomic E-state index is 0.116.